The largest absolute Gasteiger partial charge is 0.320 e. The topological polar surface area (TPSA) is 93.1 Å². The van der Waals surface area contributed by atoms with E-state index in [0.717, 1.165) is 0 Å². The summed E-state index contributed by atoms with van der Waals surface area (Å²) in [6, 6.07) is 12.3. The van der Waals surface area contributed by atoms with Crippen molar-refractivity contribution in [3.05, 3.63) is 71.5 Å². The Morgan fingerprint density at radius 3 is 2.61 bits per heavy atom. The number of nitrogens with zero attached hydrogens (tertiary/aromatic N) is 2. The summed E-state index contributed by atoms with van der Waals surface area (Å²) < 4.78 is 27.9. The summed E-state index contributed by atoms with van der Waals surface area (Å²) in [4.78, 5) is 12.6. The van der Waals surface area contributed by atoms with Gasteiger partial charge in [-0.25, -0.2) is 13.1 Å². The number of rotatable bonds is 6. The van der Waals surface area contributed by atoms with E-state index in [2.05, 4.69) is 21.1 Å². The minimum Gasteiger partial charge on any atom is -0.320 e. The van der Waals surface area contributed by atoms with Gasteiger partial charge in [0.1, 0.15) is 0 Å². The first kappa shape index (κ1) is 19.6. The fraction of sp³-hybridized carbons (Fsp3) is 0.0526. The van der Waals surface area contributed by atoms with Crippen LogP contribution in [0.5, 0.6) is 0 Å². The van der Waals surface area contributed by atoms with Gasteiger partial charge in [0, 0.05) is 23.0 Å². The molecule has 0 atom stereocenters. The molecule has 7 nitrogen and oxygen atoms in total. The van der Waals surface area contributed by atoms with E-state index in [-0.39, 0.29) is 17.0 Å². The van der Waals surface area contributed by atoms with Gasteiger partial charge in [0.15, 0.2) is 0 Å². The standard InChI is InChI=1S/C19H15ClN4O3S/c1-2-10-22-28(26,27)16-7-4-14(5-8-16)19(25)23-17-13-15(20)6-9-18(17)24-12-3-11-21-24/h1,3-9,11-13,22H,10H2,(H,23,25). The molecule has 0 fully saturated rings. The predicted octanol–water partition coefficient (Wildman–Crippen LogP) is 2.69. The van der Waals surface area contributed by atoms with Gasteiger partial charge in [0.2, 0.25) is 10.0 Å². The lowest BCUT2D eigenvalue weighted by Gasteiger charge is -2.12. The van der Waals surface area contributed by atoms with Gasteiger partial charge < -0.3 is 5.32 Å². The van der Waals surface area contributed by atoms with Crippen LogP contribution in [0.1, 0.15) is 10.4 Å². The number of sulfonamides is 1. The number of nitrogens with one attached hydrogen (secondary N) is 2. The van der Waals surface area contributed by atoms with Crippen LogP contribution in [0.4, 0.5) is 5.69 Å². The molecule has 0 unspecified atom stereocenters. The first-order chi connectivity index (χ1) is 13.4. The van der Waals surface area contributed by atoms with Crippen molar-refractivity contribution in [1.29, 1.82) is 0 Å². The van der Waals surface area contributed by atoms with Crippen LogP contribution in [0.3, 0.4) is 0 Å². The number of amides is 1. The van der Waals surface area contributed by atoms with E-state index in [9.17, 15) is 13.2 Å². The molecule has 1 heterocycles. The number of anilines is 1. The van der Waals surface area contributed by atoms with Gasteiger partial charge in [-0.3, -0.25) is 4.79 Å². The number of hydrogen-bond acceptors (Lipinski definition) is 4. The molecule has 1 aromatic heterocycles. The second kappa shape index (κ2) is 8.27. The highest BCUT2D eigenvalue weighted by atomic mass is 35.5. The van der Waals surface area contributed by atoms with Crippen LogP contribution in [-0.2, 0) is 10.0 Å². The summed E-state index contributed by atoms with van der Waals surface area (Å²) in [5, 5.41) is 7.38. The zero-order valence-corrected chi connectivity index (χ0v) is 16.0. The molecule has 0 bridgehead atoms. The summed E-state index contributed by atoms with van der Waals surface area (Å²) in [5.41, 5.74) is 1.39. The first-order valence-electron chi connectivity index (χ1n) is 8.05. The number of hydrogen-bond donors (Lipinski definition) is 2. The Hall–Kier alpha value is -3.12. The van der Waals surface area contributed by atoms with Gasteiger partial charge in [-0.15, -0.1) is 6.42 Å². The van der Waals surface area contributed by atoms with E-state index in [1.807, 2.05) is 0 Å². The van der Waals surface area contributed by atoms with Crippen molar-refractivity contribution in [3.8, 4) is 18.0 Å². The summed E-state index contributed by atoms with van der Waals surface area (Å²) >= 11 is 6.05. The van der Waals surface area contributed by atoms with Crippen molar-refractivity contribution in [2.45, 2.75) is 4.90 Å². The minimum absolute atomic E-state index is 0.0132. The zero-order chi connectivity index (χ0) is 20.1. The van der Waals surface area contributed by atoms with Gasteiger partial charge in [-0.2, -0.15) is 9.82 Å². The van der Waals surface area contributed by atoms with Crippen LogP contribution in [0.25, 0.3) is 5.69 Å². The van der Waals surface area contributed by atoms with E-state index in [1.165, 1.54) is 24.3 Å². The Morgan fingerprint density at radius 1 is 1.21 bits per heavy atom. The first-order valence-corrected chi connectivity index (χ1v) is 9.91. The van der Waals surface area contributed by atoms with Gasteiger partial charge in [-0.1, -0.05) is 17.5 Å². The molecule has 142 valence electrons. The second-order valence-corrected chi connectivity index (χ2v) is 7.82. The smallest absolute Gasteiger partial charge is 0.255 e. The Bertz CT molecular complexity index is 1130. The third-order valence-electron chi connectivity index (χ3n) is 3.75. The number of carbonyl (C=O) groups is 1. The van der Waals surface area contributed by atoms with Crippen LogP contribution in [0.2, 0.25) is 5.02 Å². The highest BCUT2D eigenvalue weighted by molar-refractivity contribution is 7.89. The minimum atomic E-state index is -3.72. The molecular weight excluding hydrogens is 400 g/mol. The lowest BCUT2D eigenvalue weighted by atomic mass is 10.2. The molecule has 0 saturated carbocycles. The third kappa shape index (κ3) is 4.40. The maximum Gasteiger partial charge on any atom is 0.255 e. The molecule has 0 spiro atoms. The van der Waals surface area contributed by atoms with E-state index in [1.54, 1.807) is 41.3 Å². The zero-order valence-electron chi connectivity index (χ0n) is 14.5. The van der Waals surface area contributed by atoms with Gasteiger partial charge >= 0.3 is 0 Å². The lowest BCUT2D eigenvalue weighted by molar-refractivity contribution is 0.102. The predicted molar refractivity (Wildman–Crippen MR) is 107 cm³/mol. The fourth-order valence-corrected chi connectivity index (χ4v) is 3.53. The molecule has 0 aliphatic rings. The molecule has 3 aromatic rings. The lowest BCUT2D eigenvalue weighted by Crippen LogP contribution is -2.24. The van der Waals surface area contributed by atoms with Crippen molar-refractivity contribution in [2.24, 2.45) is 0 Å². The average molecular weight is 415 g/mol. The summed E-state index contributed by atoms with van der Waals surface area (Å²) in [5.74, 6) is 1.78. The molecular formula is C19H15ClN4O3S. The highest BCUT2D eigenvalue weighted by Gasteiger charge is 2.15. The number of benzene rings is 2. The van der Waals surface area contributed by atoms with Crippen LogP contribution in [0.15, 0.2) is 65.8 Å². The number of terminal acetylenes is 1. The van der Waals surface area contributed by atoms with Crippen molar-refractivity contribution in [1.82, 2.24) is 14.5 Å². The van der Waals surface area contributed by atoms with Crippen LogP contribution >= 0.6 is 11.6 Å². The highest BCUT2D eigenvalue weighted by Crippen LogP contribution is 2.25. The van der Waals surface area contributed by atoms with Gasteiger partial charge in [0.05, 0.1) is 22.8 Å². The summed E-state index contributed by atoms with van der Waals surface area (Å²) in [6.45, 7) is -0.116. The third-order valence-corrected chi connectivity index (χ3v) is 5.40. The second-order valence-electron chi connectivity index (χ2n) is 5.62. The number of halogens is 1. The summed E-state index contributed by atoms with van der Waals surface area (Å²) in [7, 11) is -3.72. The monoisotopic (exact) mass is 414 g/mol. The molecule has 9 heteroatoms. The van der Waals surface area contributed by atoms with Gasteiger partial charge in [-0.05, 0) is 48.5 Å². The van der Waals surface area contributed by atoms with Crippen molar-refractivity contribution < 1.29 is 13.2 Å². The Kier molecular flexibility index (Phi) is 5.80. The van der Waals surface area contributed by atoms with Gasteiger partial charge in [0.25, 0.3) is 5.91 Å². The molecule has 0 saturated heterocycles. The van der Waals surface area contributed by atoms with E-state index in [4.69, 9.17) is 18.0 Å². The Balaban J connectivity index is 1.83. The van der Waals surface area contributed by atoms with Crippen molar-refractivity contribution in [3.63, 3.8) is 0 Å². The molecule has 2 N–H and O–H groups in total. The van der Waals surface area contributed by atoms with Crippen molar-refractivity contribution in [2.75, 3.05) is 11.9 Å². The molecule has 28 heavy (non-hydrogen) atoms. The maximum absolute atomic E-state index is 12.6. The Labute approximate surface area is 167 Å². The molecule has 0 aliphatic heterocycles. The van der Waals surface area contributed by atoms with E-state index in [0.29, 0.717) is 16.4 Å². The van der Waals surface area contributed by atoms with Crippen LogP contribution in [-0.4, -0.2) is 30.7 Å². The molecule has 0 radical (unpaired) electrons. The molecule has 3 rings (SSSR count). The number of carbonyl (C=O) groups excluding carboxylic acids is 1. The van der Waals surface area contributed by atoms with E-state index >= 15 is 0 Å². The molecule has 2 aromatic carbocycles. The van der Waals surface area contributed by atoms with E-state index < -0.39 is 15.9 Å². The normalized spacial score (nSPS) is 11.0. The van der Waals surface area contributed by atoms with Crippen LogP contribution in [0, 0.1) is 12.3 Å². The molecule has 1 amide bonds. The van der Waals surface area contributed by atoms with Crippen LogP contribution < -0.4 is 10.0 Å². The van der Waals surface area contributed by atoms with Crippen molar-refractivity contribution >= 4 is 33.2 Å². The Morgan fingerprint density at radius 2 is 1.96 bits per heavy atom. The quantitative estimate of drug-likeness (QED) is 0.606. The maximum atomic E-state index is 12.6. The average Bonchev–Trinajstić information content (AvgIpc) is 3.21. The summed E-state index contributed by atoms with van der Waals surface area (Å²) in [6.07, 6.45) is 8.42. The molecule has 0 aliphatic carbocycles. The fourth-order valence-electron chi connectivity index (χ4n) is 2.42. The number of aromatic nitrogens is 2. The SMILES string of the molecule is C#CCNS(=O)(=O)c1ccc(C(=O)Nc2cc(Cl)ccc2-n2cccn2)cc1.